The van der Waals surface area contributed by atoms with Gasteiger partial charge in [0.2, 0.25) is 0 Å². The van der Waals surface area contributed by atoms with Crippen molar-refractivity contribution in [1.29, 1.82) is 0 Å². The van der Waals surface area contributed by atoms with Crippen LogP contribution in [0.1, 0.15) is 162 Å². The molecule has 9 N–H and O–H groups in total. The summed E-state index contributed by atoms with van der Waals surface area (Å²) in [4.78, 5) is 35.8. The molecule has 0 aliphatic heterocycles. The van der Waals surface area contributed by atoms with Gasteiger partial charge in [-0.05, 0) is 32.1 Å². The van der Waals surface area contributed by atoms with Gasteiger partial charge < -0.3 is 55.2 Å². The lowest BCUT2D eigenvalue weighted by atomic mass is 9.85. The van der Waals surface area contributed by atoms with E-state index in [0.717, 1.165) is 32.1 Å². The van der Waals surface area contributed by atoms with Crippen molar-refractivity contribution in [3.8, 4) is 0 Å². The van der Waals surface area contributed by atoms with E-state index >= 15 is 0 Å². The van der Waals surface area contributed by atoms with Crippen molar-refractivity contribution < 1.29 is 78.4 Å². The van der Waals surface area contributed by atoms with Crippen LogP contribution in [0, 0.1) is 0 Å². The molecule has 0 aromatic rings. The van der Waals surface area contributed by atoms with E-state index in [1.165, 1.54) is 83.1 Å². The molecule has 1 fully saturated rings. The molecule has 0 aromatic heterocycles. The second kappa shape index (κ2) is 38.3. The summed E-state index contributed by atoms with van der Waals surface area (Å²) in [5.74, 6) is -1.43. The van der Waals surface area contributed by atoms with Crippen LogP contribution in [0.4, 0.5) is 0 Å². The molecular weight excluding hydrogens is 875 g/mol. The van der Waals surface area contributed by atoms with Gasteiger partial charge in [-0.2, -0.15) is 0 Å². The van der Waals surface area contributed by atoms with E-state index in [-0.39, 0.29) is 25.7 Å². The van der Waals surface area contributed by atoms with Crippen LogP contribution in [0.2, 0.25) is 0 Å². The summed E-state index contributed by atoms with van der Waals surface area (Å²) in [7, 11) is -5.21. The van der Waals surface area contributed by atoms with Crippen LogP contribution in [0.25, 0.3) is 0 Å². The third-order valence-electron chi connectivity index (χ3n) is 11.2. The number of unbranched alkanes of at least 4 members (excludes halogenated alkanes) is 16. The molecule has 1 saturated carbocycles. The van der Waals surface area contributed by atoms with E-state index in [4.69, 9.17) is 18.5 Å². The molecule has 1 aliphatic carbocycles. The molecule has 11 atom stereocenters. The fourth-order valence-corrected chi connectivity index (χ4v) is 8.13. The molecule has 3 unspecified atom stereocenters. The molecule has 0 amide bonds. The molecule has 0 radical (unpaired) electrons. The molecule has 0 saturated heterocycles. The van der Waals surface area contributed by atoms with Crippen molar-refractivity contribution in [1.82, 2.24) is 0 Å². The lowest BCUT2D eigenvalue weighted by Crippen LogP contribution is -2.64. The fraction of sp³-hybridized carbons (Fsp3) is 0.755. The first-order valence-electron chi connectivity index (χ1n) is 24.4. The van der Waals surface area contributed by atoms with Crippen LogP contribution in [0.15, 0.2) is 60.8 Å². The maximum atomic E-state index is 12.8. The Bertz CT molecular complexity index is 1440. The third-order valence-corrected chi connectivity index (χ3v) is 12.2. The zero-order chi connectivity index (χ0) is 49.0. The number of ether oxygens (including phenoxy) is 2. The summed E-state index contributed by atoms with van der Waals surface area (Å²) >= 11 is 0. The minimum Gasteiger partial charge on any atom is -0.462 e. The molecule has 1 rings (SSSR count). The highest BCUT2D eigenvalue weighted by atomic mass is 31.2. The summed E-state index contributed by atoms with van der Waals surface area (Å²) in [6.45, 7) is 2.82. The van der Waals surface area contributed by atoms with Crippen molar-refractivity contribution in [3.05, 3.63) is 60.8 Å². The molecular formula is C49H85O16P. The Morgan fingerprint density at radius 1 is 0.576 bits per heavy atom. The fourth-order valence-electron chi connectivity index (χ4n) is 7.16. The molecule has 0 aromatic carbocycles. The smallest absolute Gasteiger partial charge is 0.462 e. The Labute approximate surface area is 393 Å². The minimum absolute atomic E-state index is 0.0236. The van der Waals surface area contributed by atoms with Crippen molar-refractivity contribution in [3.63, 3.8) is 0 Å². The van der Waals surface area contributed by atoms with Gasteiger partial charge in [0.25, 0.3) is 0 Å². The van der Waals surface area contributed by atoms with Crippen molar-refractivity contribution >= 4 is 19.8 Å². The number of carbonyl (C=O) groups excluding carboxylic acids is 2. The van der Waals surface area contributed by atoms with Crippen LogP contribution in [-0.2, 0) is 32.7 Å². The highest BCUT2D eigenvalue weighted by molar-refractivity contribution is 7.47. The Morgan fingerprint density at radius 3 is 1.58 bits per heavy atom. The number of phosphoric acid groups is 1. The van der Waals surface area contributed by atoms with Crippen molar-refractivity contribution in [2.24, 2.45) is 0 Å². The zero-order valence-electron chi connectivity index (χ0n) is 39.6. The van der Waals surface area contributed by atoms with Crippen LogP contribution < -0.4 is 0 Å². The van der Waals surface area contributed by atoms with E-state index in [1.807, 2.05) is 19.1 Å². The standard InChI is InChI=1S/C49H85O16P/c1-3-5-7-8-9-10-11-12-13-14-15-16-17-18-19-24-28-34-43(54)64-39(37-63-66(60,61)65-49-47(58)45(56)44(55)46(57)48(49)59)36-62-42(53)35-29-33-41(52)40(51)32-27-23-21-20-22-26-31-38(50)30-25-6-4-2/h6,20-23,25-27,31-32,38-41,44-52,55-59H,3-5,7-19,24,28-30,33-37H2,1-2H3,(H,60,61)/b22-20+,23-21-,25-6-,31-26+,32-27-/t38-,39-,40+,41+,44?,45-,46+,47-,48-,49?/m1/s1. The minimum atomic E-state index is -5.21. The highest BCUT2D eigenvalue weighted by Crippen LogP contribution is 2.47. The second-order valence-electron chi connectivity index (χ2n) is 17.2. The van der Waals surface area contributed by atoms with E-state index in [9.17, 15) is 59.9 Å². The quantitative estimate of drug-likeness (QED) is 0.0103. The Balaban J connectivity index is 2.57. The molecule has 1 aliphatic rings. The average Bonchev–Trinajstić information content (AvgIpc) is 3.29. The molecule has 382 valence electrons. The first-order valence-corrected chi connectivity index (χ1v) is 25.9. The summed E-state index contributed by atoms with van der Waals surface area (Å²) in [5, 5.41) is 80.7. The molecule has 16 nitrogen and oxygen atoms in total. The lowest BCUT2D eigenvalue weighted by molar-refractivity contribution is -0.220. The maximum absolute atomic E-state index is 12.8. The largest absolute Gasteiger partial charge is 0.472 e. The number of aliphatic hydroxyl groups excluding tert-OH is 8. The zero-order valence-corrected chi connectivity index (χ0v) is 40.4. The second-order valence-corrected chi connectivity index (χ2v) is 18.6. The van der Waals surface area contributed by atoms with Gasteiger partial charge in [0.15, 0.2) is 6.10 Å². The molecule has 0 heterocycles. The van der Waals surface area contributed by atoms with Crippen LogP contribution in [0.3, 0.4) is 0 Å². The maximum Gasteiger partial charge on any atom is 0.472 e. The number of esters is 2. The predicted octanol–water partition coefficient (Wildman–Crippen LogP) is 6.64. The molecule has 0 spiro atoms. The van der Waals surface area contributed by atoms with E-state index < -0.39 is 94.0 Å². The Morgan fingerprint density at radius 2 is 1.05 bits per heavy atom. The summed E-state index contributed by atoms with van der Waals surface area (Å²) in [6, 6.07) is 0. The number of allylic oxidation sites excluding steroid dienone is 7. The number of hydrogen-bond donors (Lipinski definition) is 9. The van der Waals surface area contributed by atoms with Crippen LogP contribution in [-0.4, -0.2) is 132 Å². The van der Waals surface area contributed by atoms with E-state index in [2.05, 4.69) is 6.92 Å². The van der Waals surface area contributed by atoms with E-state index in [0.29, 0.717) is 12.8 Å². The number of aliphatic hydroxyl groups is 8. The van der Waals surface area contributed by atoms with Crippen molar-refractivity contribution in [2.45, 2.75) is 223 Å². The van der Waals surface area contributed by atoms with Gasteiger partial charge in [-0.3, -0.25) is 18.6 Å². The van der Waals surface area contributed by atoms with Crippen molar-refractivity contribution in [2.75, 3.05) is 13.2 Å². The predicted molar refractivity (Wildman–Crippen MR) is 253 cm³/mol. The number of carbonyl (C=O) groups is 2. The summed E-state index contributed by atoms with van der Waals surface area (Å²) in [5.41, 5.74) is 0. The Hall–Kier alpha value is -2.57. The number of hydrogen-bond acceptors (Lipinski definition) is 15. The summed E-state index contributed by atoms with van der Waals surface area (Å²) in [6.07, 6.45) is 21.9. The third kappa shape index (κ3) is 30.0. The van der Waals surface area contributed by atoms with Gasteiger partial charge in [-0.15, -0.1) is 0 Å². The van der Waals surface area contributed by atoms with Gasteiger partial charge in [0.05, 0.1) is 24.9 Å². The monoisotopic (exact) mass is 961 g/mol. The average molecular weight is 961 g/mol. The topological polar surface area (TPSA) is 270 Å². The normalized spacial score (nSPS) is 23.3. The van der Waals surface area contributed by atoms with Gasteiger partial charge >= 0.3 is 19.8 Å². The van der Waals surface area contributed by atoms with Gasteiger partial charge in [-0.1, -0.05) is 177 Å². The first kappa shape index (κ1) is 61.4. The number of phosphoric ester groups is 1. The van der Waals surface area contributed by atoms with E-state index in [1.54, 1.807) is 42.5 Å². The lowest BCUT2D eigenvalue weighted by Gasteiger charge is -2.41. The molecule has 17 heteroatoms. The SMILES string of the molecule is CC/C=C\C[C@@H](O)/C=C/C=C/C=C\C=C/[C@H](O)[C@@H](O)CCCC(=O)OC[C@H](COP(=O)(O)OC1[C@H](O)[C@H](O)C(O)[C@H](O)[C@H]1O)OC(=O)CCCCCCCCCCCCCCCCCCC. The van der Waals surface area contributed by atoms with Crippen LogP contribution >= 0.6 is 7.82 Å². The van der Waals surface area contributed by atoms with Gasteiger partial charge in [-0.25, -0.2) is 4.57 Å². The molecule has 66 heavy (non-hydrogen) atoms. The highest BCUT2D eigenvalue weighted by Gasteiger charge is 2.51. The molecule has 0 bridgehead atoms. The van der Waals surface area contributed by atoms with Crippen LogP contribution in [0.5, 0.6) is 0 Å². The first-order chi connectivity index (χ1) is 31.6. The van der Waals surface area contributed by atoms with Gasteiger partial charge in [0.1, 0.15) is 43.2 Å². The number of rotatable bonds is 39. The summed E-state index contributed by atoms with van der Waals surface area (Å²) < 4.78 is 33.3. The van der Waals surface area contributed by atoms with Gasteiger partial charge in [0, 0.05) is 12.8 Å². The Kier molecular flexibility index (Phi) is 35.7.